The standard InChI is InChI=1S/C15H23N3O/c1-4-9-18-13-8-6-5-7-12(13)17-14(18)10-16-15(2,3)11-19/h5-8,16,19H,4,9-11H2,1-3H3. The quantitative estimate of drug-likeness (QED) is 0.839. The third-order valence-electron chi connectivity index (χ3n) is 3.30. The topological polar surface area (TPSA) is 50.1 Å². The van der Waals surface area contributed by atoms with Gasteiger partial charge in [-0.25, -0.2) is 4.98 Å². The van der Waals surface area contributed by atoms with Crippen LogP contribution in [0.25, 0.3) is 11.0 Å². The molecule has 0 saturated heterocycles. The van der Waals surface area contributed by atoms with E-state index in [-0.39, 0.29) is 12.1 Å². The van der Waals surface area contributed by atoms with E-state index in [9.17, 15) is 5.11 Å². The molecular formula is C15H23N3O. The van der Waals surface area contributed by atoms with Gasteiger partial charge in [0.1, 0.15) is 5.82 Å². The van der Waals surface area contributed by atoms with Crippen LogP contribution in [0, 0.1) is 0 Å². The van der Waals surface area contributed by atoms with E-state index in [1.807, 2.05) is 32.0 Å². The van der Waals surface area contributed by atoms with Crippen molar-refractivity contribution in [2.45, 2.75) is 45.8 Å². The number of rotatable bonds is 6. The van der Waals surface area contributed by atoms with E-state index in [4.69, 9.17) is 0 Å². The normalized spacial score (nSPS) is 12.2. The highest BCUT2D eigenvalue weighted by Crippen LogP contribution is 2.17. The number of fused-ring (bicyclic) bond motifs is 1. The molecule has 4 heteroatoms. The van der Waals surface area contributed by atoms with Gasteiger partial charge < -0.3 is 15.0 Å². The molecule has 0 spiro atoms. The molecule has 2 N–H and O–H groups in total. The first-order valence-corrected chi connectivity index (χ1v) is 6.87. The lowest BCUT2D eigenvalue weighted by molar-refractivity contribution is 0.186. The Morgan fingerprint density at radius 3 is 2.74 bits per heavy atom. The Bertz CT molecular complexity index is 545. The number of aliphatic hydroxyl groups excluding tert-OH is 1. The van der Waals surface area contributed by atoms with Crippen LogP contribution in [0.2, 0.25) is 0 Å². The lowest BCUT2D eigenvalue weighted by Crippen LogP contribution is -2.42. The average molecular weight is 261 g/mol. The van der Waals surface area contributed by atoms with Gasteiger partial charge in [0.15, 0.2) is 0 Å². The fourth-order valence-electron chi connectivity index (χ4n) is 2.11. The van der Waals surface area contributed by atoms with Crippen LogP contribution in [0.4, 0.5) is 0 Å². The highest BCUT2D eigenvalue weighted by atomic mass is 16.3. The fraction of sp³-hybridized carbons (Fsp3) is 0.533. The number of benzene rings is 1. The molecule has 2 aromatic rings. The van der Waals surface area contributed by atoms with Crippen LogP contribution in [0.1, 0.15) is 33.0 Å². The van der Waals surface area contributed by atoms with Crippen molar-refractivity contribution in [3.8, 4) is 0 Å². The maximum atomic E-state index is 9.29. The number of aromatic nitrogens is 2. The minimum atomic E-state index is -0.283. The van der Waals surface area contributed by atoms with Crippen molar-refractivity contribution < 1.29 is 5.11 Å². The van der Waals surface area contributed by atoms with Crippen molar-refractivity contribution in [3.63, 3.8) is 0 Å². The number of aliphatic hydroxyl groups is 1. The van der Waals surface area contributed by atoms with Gasteiger partial charge in [-0.15, -0.1) is 0 Å². The number of hydrogen-bond acceptors (Lipinski definition) is 3. The van der Waals surface area contributed by atoms with E-state index in [1.165, 1.54) is 5.52 Å². The summed E-state index contributed by atoms with van der Waals surface area (Å²) in [6.07, 6.45) is 1.08. The lowest BCUT2D eigenvalue weighted by Gasteiger charge is -2.23. The summed E-state index contributed by atoms with van der Waals surface area (Å²) in [5.74, 6) is 1.03. The number of aryl methyl sites for hydroxylation is 1. The van der Waals surface area contributed by atoms with Crippen LogP contribution in [0.5, 0.6) is 0 Å². The summed E-state index contributed by atoms with van der Waals surface area (Å²) in [5.41, 5.74) is 1.94. The maximum Gasteiger partial charge on any atom is 0.123 e. The SMILES string of the molecule is CCCn1c(CNC(C)(C)CO)nc2ccccc21. The average Bonchev–Trinajstić information content (AvgIpc) is 2.76. The maximum absolute atomic E-state index is 9.29. The van der Waals surface area contributed by atoms with Crippen LogP contribution in [0.15, 0.2) is 24.3 Å². The second-order valence-electron chi connectivity index (χ2n) is 5.56. The van der Waals surface area contributed by atoms with Gasteiger partial charge in [-0.05, 0) is 32.4 Å². The Balaban J connectivity index is 2.28. The highest BCUT2D eigenvalue weighted by Gasteiger charge is 2.17. The van der Waals surface area contributed by atoms with Gasteiger partial charge in [0, 0.05) is 12.1 Å². The van der Waals surface area contributed by atoms with Gasteiger partial charge in [-0.1, -0.05) is 19.1 Å². The Morgan fingerprint density at radius 1 is 1.32 bits per heavy atom. The Hall–Kier alpha value is -1.39. The van der Waals surface area contributed by atoms with E-state index >= 15 is 0 Å². The van der Waals surface area contributed by atoms with Crippen LogP contribution >= 0.6 is 0 Å². The molecule has 1 aromatic carbocycles. The van der Waals surface area contributed by atoms with Crippen molar-refractivity contribution in [3.05, 3.63) is 30.1 Å². The smallest absolute Gasteiger partial charge is 0.123 e. The summed E-state index contributed by atoms with van der Waals surface area (Å²) in [4.78, 5) is 4.69. The van der Waals surface area contributed by atoms with Crippen LogP contribution in [-0.4, -0.2) is 26.8 Å². The van der Waals surface area contributed by atoms with Crippen molar-refractivity contribution in [1.82, 2.24) is 14.9 Å². The van der Waals surface area contributed by atoms with Gasteiger partial charge >= 0.3 is 0 Å². The molecular weight excluding hydrogens is 238 g/mol. The zero-order valence-corrected chi connectivity index (χ0v) is 12.0. The van der Waals surface area contributed by atoms with Crippen molar-refractivity contribution in [1.29, 1.82) is 0 Å². The molecule has 0 fully saturated rings. The number of hydrogen-bond donors (Lipinski definition) is 2. The predicted molar refractivity (Wildman–Crippen MR) is 78.0 cm³/mol. The van der Waals surface area contributed by atoms with Crippen molar-refractivity contribution in [2.75, 3.05) is 6.61 Å². The second-order valence-corrected chi connectivity index (χ2v) is 5.56. The number of nitrogens with one attached hydrogen (secondary N) is 1. The van der Waals surface area contributed by atoms with Crippen LogP contribution in [0.3, 0.4) is 0 Å². The summed E-state index contributed by atoms with van der Waals surface area (Å²) >= 11 is 0. The zero-order valence-electron chi connectivity index (χ0n) is 12.0. The third kappa shape index (κ3) is 3.14. The lowest BCUT2D eigenvalue weighted by atomic mass is 10.1. The number of para-hydroxylation sites is 2. The molecule has 0 aliphatic carbocycles. The molecule has 19 heavy (non-hydrogen) atoms. The monoisotopic (exact) mass is 261 g/mol. The first kappa shape index (κ1) is 14.0. The summed E-state index contributed by atoms with van der Waals surface area (Å²) in [6, 6.07) is 8.21. The first-order chi connectivity index (χ1) is 9.07. The Morgan fingerprint density at radius 2 is 2.05 bits per heavy atom. The summed E-state index contributed by atoms with van der Waals surface area (Å²) in [7, 11) is 0. The molecule has 1 heterocycles. The van der Waals surface area contributed by atoms with E-state index in [1.54, 1.807) is 0 Å². The fourth-order valence-corrected chi connectivity index (χ4v) is 2.11. The highest BCUT2D eigenvalue weighted by molar-refractivity contribution is 5.75. The van der Waals surface area contributed by atoms with E-state index in [0.29, 0.717) is 6.54 Å². The molecule has 0 saturated carbocycles. The second kappa shape index (κ2) is 5.72. The molecule has 2 rings (SSSR count). The molecule has 0 unspecified atom stereocenters. The molecule has 0 bridgehead atoms. The van der Waals surface area contributed by atoms with Gasteiger partial charge in [0.25, 0.3) is 0 Å². The molecule has 1 aromatic heterocycles. The zero-order chi connectivity index (χ0) is 13.9. The summed E-state index contributed by atoms with van der Waals surface area (Å²) in [5, 5.41) is 12.6. The summed E-state index contributed by atoms with van der Waals surface area (Å²) < 4.78 is 2.26. The Kier molecular flexibility index (Phi) is 4.22. The van der Waals surface area contributed by atoms with Gasteiger partial charge in [-0.2, -0.15) is 0 Å². The van der Waals surface area contributed by atoms with Gasteiger partial charge in [0.2, 0.25) is 0 Å². The summed E-state index contributed by atoms with van der Waals surface area (Å²) in [6.45, 7) is 7.89. The third-order valence-corrected chi connectivity index (χ3v) is 3.30. The predicted octanol–water partition coefficient (Wildman–Crippen LogP) is 2.31. The Labute approximate surface area is 114 Å². The molecule has 4 nitrogen and oxygen atoms in total. The molecule has 0 aliphatic rings. The molecule has 0 atom stereocenters. The first-order valence-electron chi connectivity index (χ1n) is 6.87. The van der Waals surface area contributed by atoms with Crippen molar-refractivity contribution >= 4 is 11.0 Å². The van der Waals surface area contributed by atoms with E-state index in [2.05, 4.69) is 27.9 Å². The number of imidazole rings is 1. The molecule has 0 aliphatic heterocycles. The van der Waals surface area contributed by atoms with Gasteiger partial charge in [0.05, 0.1) is 24.2 Å². The van der Waals surface area contributed by atoms with Gasteiger partial charge in [-0.3, -0.25) is 0 Å². The van der Waals surface area contributed by atoms with Crippen molar-refractivity contribution in [2.24, 2.45) is 0 Å². The largest absolute Gasteiger partial charge is 0.394 e. The number of nitrogens with zero attached hydrogens (tertiary/aromatic N) is 2. The molecule has 104 valence electrons. The van der Waals surface area contributed by atoms with E-state index < -0.39 is 0 Å². The minimum absolute atomic E-state index is 0.112. The minimum Gasteiger partial charge on any atom is -0.394 e. The molecule has 0 radical (unpaired) electrons. The van der Waals surface area contributed by atoms with Crippen LogP contribution < -0.4 is 5.32 Å². The molecule has 0 amide bonds. The van der Waals surface area contributed by atoms with Crippen LogP contribution in [-0.2, 0) is 13.1 Å². The van der Waals surface area contributed by atoms with E-state index in [0.717, 1.165) is 24.3 Å².